The van der Waals surface area contributed by atoms with E-state index in [0.717, 1.165) is 18.8 Å². The molecule has 0 fully saturated rings. The Kier molecular flexibility index (Phi) is 4.58. The van der Waals surface area contributed by atoms with Gasteiger partial charge in [0.2, 0.25) is 0 Å². The second-order valence-corrected chi connectivity index (χ2v) is 6.01. The average molecular weight is 264 g/mol. The van der Waals surface area contributed by atoms with E-state index in [-0.39, 0.29) is 6.04 Å². The molecule has 3 nitrogen and oxygen atoms in total. The van der Waals surface area contributed by atoms with Crippen LogP contribution in [0.4, 0.5) is 0 Å². The maximum atomic E-state index is 5.48. The third kappa shape index (κ3) is 3.45. The Morgan fingerprint density at radius 2 is 2.17 bits per heavy atom. The summed E-state index contributed by atoms with van der Waals surface area (Å²) in [7, 11) is 4.15. The van der Waals surface area contributed by atoms with Gasteiger partial charge in [0.05, 0.1) is 12.3 Å². The molecule has 0 spiro atoms. The molecule has 0 bridgehead atoms. The van der Waals surface area contributed by atoms with E-state index in [9.17, 15) is 0 Å². The number of hydrogen-bond acceptors (Lipinski definition) is 4. The van der Waals surface area contributed by atoms with Crippen molar-refractivity contribution in [2.45, 2.75) is 19.5 Å². The van der Waals surface area contributed by atoms with Crippen LogP contribution in [0.1, 0.15) is 21.6 Å². The molecule has 1 atom stereocenters. The first-order valence-corrected chi connectivity index (χ1v) is 6.94. The van der Waals surface area contributed by atoms with Crippen molar-refractivity contribution in [2.24, 2.45) is 0 Å². The molecule has 2 rings (SSSR count). The Morgan fingerprint density at radius 1 is 1.33 bits per heavy atom. The highest BCUT2D eigenvalue weighted by Crippen LogP contribution is 2.18. The fourth-order valence-corrected chi connectivity index (χ4v) is 2.79. The number of aryl methyl sites for hydroxylation is 1. The number of likely N-dealkylation sites (N-methyl/N-ethyl adjacent to an activating group) is 1. The van der Waals surface area contributed by atoms with Gasteiger partial charge in [-0.15, -0.1) is 11.3 Å². The lowest BCUT2D eigenvalue weighted by Crippen LogP contribution is -2.30. The zero-order chi connectivity index (χ0) is 13.0. The minimum Gasteiger partial charge on any atom is -0.468 e. The van der Waals surface area contributed by atoms with E-state index in [1.165, 1.54) is 9.75 Å². The highest BCUT2D eigenvalue weighted by molar-refractivity contribution is 7.11. The van der Waals surface area contributed by atoms with Gasteiger partial charge in [0.1, 0.15) is 5.76 Å². The number of rotatable bonds is 6. The van der Waals surface area contributed by atoms with Gasteiger partial charge in [0, 0.05) is 22.8 Å². The van der Waals surface area contributed by atoms with Crippen LogP contribution in [0.3, 0.4) is 0 Å². The van der Waals surface area contributed by atoms with E-state index >= 15 is 0 Å². The highest BCUT2D eigenvalue weighted by atomic mass is 32.1. The molecule has 0 aliphatic carbocycles. The largest absolute Gasteiger partial charge is 0.468 e. The van der Waals surface area contributed by atoms with Crippen molar-refractivity contribution in [2.75, 3.05) is 20.6 Å². The smallest absolute Gasteiger partial charge is 0.122 e. The minimum atomic E-state index is 0.279. The Hall–Kier alpha value is -1.10. The van der Waals surface area contributed by atoms with Gasteiger partial charge >= 0.3 is 0 Å². The van der Waals surface area contributed by atoms with Gasteiger partial charge in [0.15, 0.2) is 0 Å². The molecule has 4 heteroatoms. The third-order valence-corrected chi connectivity index (χ3v) is 3.93. The molecule has 0 saturated heterocycles. The SMILES string of the molecule is Cc1ccc(CNCC(c2ccco2)N(C)C)s1. The van der Waals surface area contributed by atoms with Gasteiger partial charge in [-0.25, -0.2) is 0 Å². The van der Waals surface area contributed by atoms with Crippen LogP contribution in [0.25, 0.3) is 0 Å². The number of nitrogens with zero attached hydrogens (tertiary/aromatic N) is 1. The number of nitrogens with one attached hydrogen (secondary N) is 1. The minimum absolute atomic E-state index is 0.279. The van der Waals surface area contributed by atoms with Gasteiger partial charge in [-0.05, 0) is 45.3 Å². The zero-order valence-electron chi connectivity index (χ0n) is 11.1. The summed E-state index contributed by atoms with van der Waals surface area (Å²) in [6.07, 6.45) is 1.73. The molecule has 1 N–H and O–H groups in total. The molecule has 0 radical (unpaired) electrons. The normalized spacial score (nSPS) is 13.1. The molecule has 0 amide bonds. The Bertz CT molecular complexity index is 462. The van der Waals surface area contributed by atoms with Gasteiger partial charge < -0.3 is 9.73 Å². The number of thiophene rings is 1. The van der Waals surface area contributed by atoms with E-state index in [4.69, 9.17) is 4.42 Å². The first-order chi connectivity index (χ1) is 8.66. The standard InChI is InChI=1S/C14H20N2OS/c1-11-6-7-12(18-11)9-15-10-13(16(2)3)14-5-4-8-17-14/h4-8,13,15H,9-10H2,1-3H3. The lowest BCUT2D eigenvalue weighted by molar-refractivity contribution is 0.250. The summed E-state index contributed by atoms with van der Waals surface area (Å²) in [5.41, 5.74) is 0. The molecule has 18 heavy (non-hydrogen) atoms. The second-order valence-electron chi connectivity index (χ2n) is 4.64. The topological polar surface area (TPSA) is 28.4 Å². The first kappa shape index (κ1) is 13.3. The van der Waals surface area contributed by atoms with E-state index in [1.807, 2.05) is 23.5 Å². The molecule has 0 aromatic carbocycles. The van der Waals surface area contributed by atoms with Gasteiger partial charge in [0.25, 0.3) is 0 Å². The van der Waals surface area contributed by atoms with Gasteiger partial charge in [-0.1, -0.05) is 0 Å². The van der Waals surface area contributed by atoms with Crippen molar-refractivity contribution in [3.63, 3.8) is 0 Å². The molecule has 2 aromatic heterocycles. The van der Waals surface area contributed by atoms with Crippen LogP contribution in [0, 0.1) is 6.92 Å². The predicted octanol–water partition coefficient (Wildman–Crippen LogP) is 3.04. The predicted molar refractivity (Wildman–Crippen MR) is 75.9 cm³/mol. The van der Waals surface area contributed by atoms with Crippen LogP contribution in [-0.4, -0.2) is 25.5 Å². The molecule has 0 saturated carbocycles. The molecule has 1 unspecified atom stereocenters. The summed E-state index contributed by atoms with van der Waals surface area (Å²) >= 11 is 1.85. The summed E-state index contributed by atoms with van der Waals surface area (Å²) in [5.74, 6) is 1.01. The Morgan fingerprint density at radius 3 is 2.72 bits per heavy atom. The van der Waals surface area contributed by atoms with Crippen molar-refractivity contribution in [3.8, 4) is 0 Å². The summed E-state index contributed by atoms with van der Waals surface area (Å²) in [4.78, 5) is 4.91. The molecular formula is C14H20N2OS. The van der Waals surface area contributed by atoms with E-state index in [2.05, 4.69) is 43.4 Å². The van der Waals surface area contributed by atoms with Crippen LogP contribution in [0.5, 0.6) is 0 Å². The first-order valence-electron chi connectivity index (χ1n) is 6.12. The lowest BCUT2D eigenvalue weighted by atomic mass is 10.2. The van der Waals surface area contributed by atoms with Crippen LogP contribution in [0.2, 0.25) is 0 Å². The third-order valence-electron chi connectivity index (χ3n) is 2.93. The molecule has 0 aliphatic rings. The Balaban J connectivity index is 1.87. The zero-order valence-corrected chi connectivity index (χ0v) is 12.0. The van der Waals surface area contributed by atoms with Crippen LogP contribution in [-0.2, 0) is 6.54 Å². The second kappa shape index (κ2) is 6.18. The molecular weight excluding hydrogens is 244 g/mol. The maximum absolute atomic E-state index is 5.48. The van der Waals surface area contributed by atoms with Gasteiger partial charge in [-0.3, -0.25) is 4.90 Å². The quantitative estimate of drug-likeness (QED) is 0.869. The van der Waals surface area contributed by atoms with E-state index in [0.29, 0.717) is 0 Å². The highest BCUT2D eigenvalue weighted by Gasteiger charge is 2.16. The summed E-state index contributed by atoms with van der Waals surface area (Å²) in [5, 5.41) is 3.49. The molecule has 2 heterocycles. The van der Waals surface area contributed by atoms with Crippen molar-refractivity contribution in [3.05, 3.63) is 46.0 Å². The van der Waals surface area contributed by atoms with Crippen LogP contribution >= 0.6 is 11.3 Å². The molecule has 0 aliphatic heterocycles. The summed E-state index contributed by atoms with van der Waals surface area (Å²) < 4.78 is 5.48. The maximum Gasteiger partial charge on any atom is 0.122 e. The molecule has 98 valence electrons. The fraction of sp³-hybridized carbons (Fsp3) is 0.429. The van der Waals surface area contributed by atoms with Crippen molar-refractivity contribution < 1.29 is 4.42 Å². The number of furan rings is 1. The van der Waals surface area contributed by atoms with Gasteiger partial charge in [-0.2, -0.15) is 0 Å². The van der Waals surface area contributed by atoms with Crippen LogP contribution in [0.15, 0.2) is 34.9 Å². The number of hydrogen-bond donors (Lipinski definition) is 1. The Labute approximate surface area is 112 Å². The summed E-state index contributed by atoms with van der Waals surface area (Å²) in [6, 6.07) is 8.60. The molecule has 2 aromatic rings. The fourth-order valence-electron chi connectivity index (χ4n) is 1.93. The van der Waals surface area contributed by atoms with Crippen molar-refractivity contribution in [1.29, 1.82) is 0 Å². The van der Waals surface area contributed by atoms with Crippen molar-refractivity contribution in [1.82, 2.24) is 10.2 Å². The lowest BCUT2D eigenvalue weighted by Gasteiger charge is -2.22. The van der Waals surface area contributed by atoms with Crippen LogP contribution < -0.4 is 5.32 Å². The van der Waals surface area contributed by atoms with Crippen molar-refractivity contribution >= 4 is 11.3 Å². The average Bonchev–Trinajstić information content (AvgIpc) is 2.95. The van der Waals surface area contributed by atoms with E-state index in [1.54, 1.807) is 6.26 Å². The monoisotopic (exact) mass is 264 g/mol. The summed E-state index contributed by atoms with van der Waals surface area (Å²) in [6.45, 7) is 3.95. The van der Waals surface area contributed by atoms with E-state index < -0.39 is 0 Å².